The number of oxime groups is 1. The summed E-state index contributed by atoms with van der Waals surface area (Å²) < 4.78 is 0. The maximum Gasteiger partial charge on any atom is 0.114 e. The van der Waals surface area contributed by atoms with E-state index in [0.29, 0.717) is 6.61 Å². The Balaban J connectivity index is 3.42. The summed E-state index contributed by atoms with van der Waals surface area (Å²) in [6.45, 7) is 6.60. The summed E-state index contributed by atoms with van der Waals surface area (Å²) in [5, 5.41) is 3.90. The van der Waals surface area contributed by atoms with Crippen molar-refractivity contribution in [2.24, 2.45) is 5.16 Å². The molecule has 0 N–H and O–H groups in total. The van der Waals surface area contributed by atoms with Gasteiger partial charge in [0.05, 0.1) is 5.71 Å². The predicted octanol–water partition coefficient (Wildman–Crippen LogP) is 2.76. The van der Waals surface area contributed by atoms with Gasteiger partial charge in [-0.05, 0) is 33.6 Å². The Morgan fingerprint density at radius 2 is 2.27 bits per heavy atom. The predicted molar refractivity (Wildman–Crippen MR) is 48.8 cm³/mol. The van der Waals surface area contributed by atoms with Crippen molar-refractivity contribution in [3.05, 3.63) is 12.2 Å². The zero-order valence-corrected chi connectivity index (χ0v) is 7.63. The normalized spacial score (nSPS) is 12.5. The van der Waals surface area contributed by atoms with Crippen molar-refractivity contribution in [2.45, 2.75) is 33.6 Å². The Bertz CT molecular complexity index is 138. The highest BCUT2D eigenvalue weighted by Crippen LogP contribution is 1.94. The smallest absolute Gasteiger partial charge is 0.114 e. The van der Waals surface area contributed by atoms with E-state index in [0.717, 1.165) is 18.6 Å². The van der Waals surface area contributed by atoms with Gasteiger partial charge in [-0.25, -0.2) is 0 Å². The molecule has 0 spiro atoms. The molecule has 11 heavy (non-hydrogen) atoms. The van der Waals surface area contributed by atoms with E-state index in [4.69, 9.17) is 4.84 Å². The molecule has 0 unspecified atom stereocenters. The van der Waals surface area contributed by atoms with Crippen LogP contribution in [0.1, 0.15) is 33.6 Å². The molecular formula is C9H17NO. The molecule has 0 heterocycles. The van der Waals surface area contributed by atoms with Crippen LogP contribution in [0.2, 0.25) is 0 Å². The Morgan fingerprint density at radius 3 is 2.82 bits per heavy atom. The standard InChI is InChI=1S/C9H17NO/c1-4-6-7-8-9(3)10-11-5-2/h4,6H,5,7-8H2,1-3H3/b6-4+,10-9+. The van der Waals surface area contributed by atoms with Crippen LogP contribution in [-0.4, -0.2) is 12.3 Å². The molecule has 2 heteroatoms. The number of hydrogen-bond acceptors (Lipinski definition) is 2. The van der Waals surface area contributed by atoms with Crippen molar-refractivity contribution in [3.8, 4) is 0 Å². The van der Waals surface area contributed by atoms with Crippen molar-refractivity contribution in [3.63, 3.8) is 0 Å². The van der Waals surface area contributed by atoms with Gasteiger partial charge in [0.15, 0.2) is 0 Å². The summed E-state index contributed by atoms with van der Waals surface area (Å²) in [6, 6.07) is 0. The van der Waals surface area contributed by atoms with Crippen LogP contribution in [0, 0.1) is 0 Å². The molecule has 0 saturated heterocycles. The second-order valence-corrected chi connectivity index (χ2v) is 2.35. The Labute approximate surface area is 68.9 Å². The van der Waals surface area contributed by atoms with Crippen LogP contribution in [0.5, 0.6) is 0 Å². The lowest BCUT2D eigenvalue weighted by atomic mass is 10.2. The molecular weight excluding hydrogens is 138 g/mol. The molecule has 0 aliphatic carbocycles. The van der Waals surface area contributed by atoms with E-state index in [9.17, 15) is 0 Å². The molecule has 0 aliphatic rings. The average molecular weight is 155 g/mol. The highest BCUT2D eigenvalue weighted by molar-refractivity contribution is 5.81. The first-order chi connectivity index (χ1) is 5.31. The van der Waals surface area contributed by atoms with Crippen LogP contribution in [0.15, 0.2) is 17.3 Å². The van der Waals surface area contributed by atoms with Gasteiger partial charge < -0.3 is 4.84 Å². The lowest BCUT2D eigenvalue weighted by Gasteiger charge is -1.96. The molecule has 0 aromatic heterocycles. The molecule has 64 valence electrons. The zero-order valence-electron chi connectivity index (χ0n) is 7.63. The summed E-state index contributed by atoms with van der Waals surface area (Å²) in [5.74, 6) is 0. The first kappa shape index (κ1) is 10.2. The number of nitrogens with zero attached hydrogens (tertiary/aromatic N) is 1. The van der Waals surface area contributed by atoms with Gasteiger partial charge in [0, 0.05) is 0 Å². The molecule has 0 radical (unpaired) electrons. The molecule has 0 amide bonds. The van der Waals surface area contributed by atoms with Crippen LogP contribution in [0.25, 0.3) is 0 Å². The van der Waals surface area contributed by atoms with Crippen molar-refractivity contribution in [2.75, 3.05) is 6.61 Å². The van der Waals surface area contributed by atoms with E-state index in [1.807, 2.05) is 26.8 Å². The third-order valence-electron chi connectivity index (χ3n) is 1.26. The summed E-state index contributed by atoms with van der Waals surface area (Å²) in [5.41, 5.74) is 1.06. The minimum atomic E-state index is 0.654. The van der Waals surface area contributed by atoms with Crippen LogP contribution >= 0.6 is 0 Å². The van der Waals surface area contributed by atoms with E-state index >= 15 is 0 Å². The van der Waals surface area contributed by atoms with Gasteiger partial charge in [-0.15, -0.1) is 0 Å². The Kier molecular flexibility index (Phi) is 6.79. The van der Waals surface area contributed by atoms with Gasteiger partial charge in [0.1, 0.15) is 6.61 Å². The minimum Gasteiger partial charge on any atom is -0.396 e. The number of hydrogen-bond donors (Lipinski definition) is 0. The summed E-state index contributed by atoms with van der Waals surface area (Å²) >= 11 is 0. The van der Waals surface area contributed by atoms with Crippen molar-refractivity contribution >= 4 is 5.71 Å². The van der Waals surface area contributed by atoms with Gasteiger partial charge in [0.2, 0.25) is 0 Å². The van der Waals surface area contributed by atoms with Gasteiger partial charge in [0.25, 0.3) is 0 Å². The lowest BCUT2D eigenvalue weighted by Crippen LogP contribution is -1.92. The molecule has 0 aromatic carbocycles. The molecule has 2 nitrogen and oxygen atoms in total. The number of rotatable bonds is 5. The van der Waals surface area contributed by atoms with E-state index in [-0.39, 0.29) is 0 Å². The fourth-order valence-corrected chi connectivity index (χ4v) is 0.679. The fraction of sp³-hybridized carbons (Fsp3) is 0.667. The van der Waals surface area contributed by atoms with E-state index in [1.54, 1.807) is 0 Å². The van der Waals surface area contributed by atoms with Crippen LogP contribution in [0.3, 0.4) is 0 Å². The maximum absolute atomic E-state index is 4.89. The third-order valence-corrected chi connectivity index (χ3v) is 1.26. The Morgan fingerprint density at radius 1 is 1.55 bits per heavy atom. The topological polar surface area (TPSA) is 21.6 Å². The summed E-state index contributed by atoms with van der Waals surface area (Å²) in [6.07, 6.45) is 6.22. The first-order valence-corrected chi connectivity index (χ1v) is 4.07. The second kappa shape index (κ2) is 7.32. The SMILES string of the molecule is C/C=C/CC/C(C)=N/OCC. The lowest BCUT2D eigenvalue weighted by molar-refractivity contribution is 0.158. The van der Waals surface area contributed by atoms with Crippen LogP contribution in [-0.2, 0) is 4.84 Å². The molecule has 0 aliphatic heterocycles. The fourth-order valence-electron chi connectivity index (χ4n) is 0.679. The quantitative estimate of drug-likeness (QED) is 0.340. The van der Waals surface area contributed by atoms with Gasteiger partial charge in [-0.2, -0.15) is 0 Å². The van der Waals surface area contributed by atoms with E-state index < -0.39 is 0 Å². The van der Waals surface area contributed by atoms with Crippen LogP contribution in [0.4, 0.5) is 0 Å². The van der Waals surface area contributed by atoms with Crippen molar-refractivity contribution in [1.82, 2.24) is 0 Å². The van der Waals surface area contributed by atoms with Gasteiger partial charge in [-0.1, -0.05) is 17.3 Å². The maximum atomic E-state index is 4.89. The van der Waals surface area contributed by atoms with E-state index in [1.165, 1.54) is 0 Å². The van der Waals surface area contributed by atoms with E-state index in [2.05, 4.69) is 11.2 Å². The summed E-state index contributed by atoms with van der Waals surface area (Å²) in [7, 11) is 0. The summed E-state index contributed by atoms with van der Waals surface area (Å²) in [4.78, 5) is 4.89. The molecule has 0 aromatic rings. The highest BCUT2D eigenvalue weighted by atomic mass is 16.6. The first-order valence-electron chi connectivity index (χ1n) is 4.07. The zero-order chi connectivity index (χ0) is 8.53. The van der Waals surface area contributed by atoms with Crippen molar-refractivity contribution < 1.29 is 4.84 Å². The second-order valence-electron chi connectivity index (χ2n) is 2.35. The third kappa shape index (κ3) is 7.10. The van der Waals surface area contributed by atoms with Crippen molar-refractivity contribution in [1.29, 1.82) is 0 Å². The number of allylic oxidation sites excluding steroid dienone is 2. The average Bonchev–Trinajstić information content (AvgIpc) is 2.01. The molecule has 0 atom stereocenters. The van der Waals surface area contributed by atoms with Gasteiger partial charge >= 0.3 is 0 Å². The Hall–Kier alpha value is -0.790. The molecule has 0 fully saturated rings. The van der Waals surface area contributed by atoms with Gasteiger partial charge in [-0.3, -0.25) is 0 Å². The highest BCUT2D eigenvalue weighted by Gasteiger charge is 1.88. The van der Waals surface area contributed by atoms with Crippen LogP contribution < -0.4 is 0 Å². The molecule has 0 bridgehead atoms. The molecule has 0 rings (SSSR count). The minimum absolute atomic E-state index is 0.654. The monoisotopic (exact) mass is 155 g/mol. The molecule has 0 saturated carbocycles. The largest absolute Gasteiger partial charge is 0.396 e.